The third kappa shape index (κ3) is 1.19. The lowest BCUT2D eigenvalue weighted by Crippen LogP contribution is -1.97. The van der Waals surface area contributed by atoms with E-state index in [1.54, 1.807) is 0 Å². The highest BCUT2D eigenvalue weighted by Gasteiger charge is 2.10. The number of aryl methyl sites for hydroxylation is 1. The molecule has 0 aliphatic carbocycles. The first-order valence-electron chi connectivity index (χ1n) is 4.29. The first-order chi connectivity index (χ1) is 6.63. The predicted octanol–water partition coefficient (Wildman–Crippen LogP) is 2.21. The SMILES string of the molecule is Cc1[nH]c2cc(F)c(F)cc2c1CN. The maximum atomic E-state index is 12.9. The average Bonchev–Trinajstić information content (AvgIpc) is 2.42. The highest BCUT2D eigenvalue weighted by atomic mass is 19.2. The first kappa shape index (κ1) is 9.15. The van der Waals surface area contributed by atoms with E-state index in [4.69, 9.17) is 5.73 Å². The zero-order valence-electron chi connectivity index (χ0n) is 7.70. The largest absolute Gasteiger partial charge is 0.358 e. The minimum atomic E-state index is -0.845. The topological polar surface area (TPSA) is 41.8 Å². The van der Waals surface area contributed by atoms with Crippen molar-refractivity contribution in [3.05, 3.63) is 35.0 Å². The Morgan fingerprint density at radius 2 is 1.93 bits per heavy atom. The molecular formula is C10H10F2N2. The van der Waals surface area contributed by atoms with Gasteiger partial charge in [-0.25, -0.2) is 8.78 Å². The van der Waals surface area contributed by atoms with Crippen LogP contribution in [-0.4, -0.2) is 4.98 Å². The number of hydrogen-bond donors (Lipinski definition) is 2. The van der Waals surface area contributed by atoms with E-state index in [1.165, 1.54) is 6.07 Å². The van der Waals surface area contributed by atoms with Gasteiger partial charge in [-0.15, -0.1) is 0 Å². The van der Waals surface area contributed by atoms with Crippen LogP contribution in [0, 0.1) is 18.6 Å². The van der Waals surface area contributed by atoms with Gasteiger partial charge in [0.15, 0.2) is 11.6 Å². The predicted molar refractivity (Wildman–Crippen MR) is 50.8 cm³/mol. The van der Waals surface area contributed by atoms with E-state index >= 15 is 0 Å². The molecule has 0 amide bonds. The van der Waals surface area contributed by atoms with Crippen LogP contribution in [0.5, 0.6) is 0 Å². The van der Waals surface area contributed by atoms with Crippen molar-refractivity contribution in [2.24, 2.45) is 5.73 Å². The van der Waals surface area contributed by atoms with E-state index in [9.17, 15) is 8.78 Å². The third-order valence-electron chi connectivity index (χ3n) is 2.36. The summed E-state index contributed by atoms with van der Waals surface area (Å²) in [6, 6.07) is 2.33. The lowest BCUT2D eigenvalue weighted by Gasteiger charge is -1.96. The highest BCUT2D eigenvalue weighted by Crippen LogP contribution is 2.24. The summed E-state index contributed by atoms with van der Waals surface area (Å²) in [7, 11) is 0. The second kappa shape index (κ2) is 3.06. The second-order valence-electron chi connectivity index (χ2n) is 3.24. The van der Waals surface area contributed by atoms with Crippen molar-refractivity contribution in [2.45, 2.75) is 13.5 Å². The number of halogens is 2. The average molecular weight is 196 g/mol. The molecular weight excluding hydrogens is 186 g/mol. The molecule has 4 heteroatoms. The number of hydrogen-bond acceptors (Lipinski definition) is 1. The number of nitrogens with two attached hydrogens (primary N) is 1. The van der Waals surface area contributed by atoms with Crippen LogP contribution in [0.15, 0.2) is 12.1 Å². The van der Waals surface area contributed by atoms with Gasteiger partial charge in [0.25, 0.3) is 0 Å². The van der Waals surface area contributed by atoms with Gasteiger partial charge in [0.1, 0.15) is 0 Å². The molecule has 74 valence electrons. The Hall–Kier alpha value is -1.42. The number of H-pyrrole nitrogens is 1. The Morgan fingerprint density at radius 3 is 2.57 bits per heavy atom. The molecule has 0 aliphatic rings. The Balaban J connectivity index is 2.82. The monoisotopic (exact) mass is 196 g/mol. The van der Waals surface area contributed by atoms with Gasteiger partial charge in [-0.1, -0.05) is 0 Å². The summed E-state index contributed by atoms with van der Waals surface area (Å²) in [4.78, 5) is 2.96. The molecule has 0 atom stereocenters. The fourth-order valence-corrected chi connectivity index (χ4v) is 1.64. The third-order valence-corrected chi connectivity index (χ3v) is 2.36. The summed E-state index contributed by atoms with van der Waals surface area (Å²) in [5, 5.41) is 0.656. The Labute approximate surface area is 79.7 Å². The number of nitrogens with one attached hydrogen (secondary N) is 1. The quantitative estimate of drug-likeness (QED) is 0.721. The van der Waals surface area contributed by atoms with Crippen molar-refractivity contribution < 1.29 is 8.78 Å². The molecule has 0 radical (unpaired) electrons. The lowest BCUT2D eigenvalue weighted by atomic mass is 10.1. The zero-order chi connectivity index (χ0) is 10.3. The van der Waals surface area contributed by atoms with Gasteiger partial charge < -0.3 is 10.7 Å². The van der Waals surface area contributed by atoms with Gasteiger partial charge in [0, 0.05) is 29.2 Å². The lowest BCUT2D eigenvalue weighted by molar-refractivity contribution is 0.511. The van der Waals surface area contributed by atoms with Crippen LogP contribution in [0.25, 0.3) is 10.9 Å². The van der Waals surface area contributed by atoms with Crippen molar-refractivity contribution >= 4 is 10.9 Å². The highest BCUT2D eigenvalue weighted by molar-refractivity contribution is 5.84. The van der Waals surface area contributed by atoms with E-state index in [0.29, 0.717) is 17.4 Å². The molecule has 1 aromatic carbocycles. The molecule has 14 heavy (non-hydrogen) atoms. The number of aromatic nitrogens is 1. The summed E-state index contributed by atoms with van der Waals surface area (Å²) in [6.45, 7) is 2.15. The van der Waals surface area contributed by atoms with Crippen LogP contribution < -0.4 is 5.73 Å². The summed E-state index contributed by atoms with van der Waals surface area (Å²) < 4.78 is 25.8. The number of rotatable bonds is 1. The Kier molecular flexibility index (Phi) is 2.00. The van der Waals surface area contributed by atoms with Gasteiger partial charge in [-0.2, -0.15) is 0 Å². The van der Waals surface area contributed by atoms with Gasteiger partial charge >= 0.3 is 0 Å². The van der Waals surface area contributed by atoms with Crippen molar-refractivity contribution in [3.8, 4) is 0 Å². The molecule has 1 heterocycles. The molecule has 2 nitrogen and oxygen atoms in total. The summed E-state index contributed by atoms with van der Waals surface area (Å²) in [5.41, 5.74) is 7.78. The summed E-state index contributed by atoms with van der Waals surface area (Å²) in [6.07, 6.45) is 0. The smallest absolute Gasteiger partial charge is 0.160 e. The van der Waals surface area contributed by atoms with E-state index in [1.807, 2.05) is 6.92 Å². The van der Waals surface area contributed by atoms with Gasteiger partial charge in [-0.3, -0.25) is 0 Å². The second-order valence-corrected chi connectivity index (χ2v) is 3.24. The standard InChI is InChI=1S/C10H10F2N2/c1-5-7(4-13)6-2-8(11)9(12)3-10(6)14-5/h2-3,14H,4,13H2,1H3. The van der Waals surface area contributed by atoms with Crippen LogP contribution in [0.4, 0.5) is 8.78 Å². The normalized spacial score (nSPS) is 11.1. The number of benzene rings is 1. The summed E-state index contributed by atoms with van der Waals surface area (Å²) in [5.74, 6) is -1.69. The maximum absolute atomic E-state index is 12.9. The zero-order valence-corrected chi connectivity index (χ0v) is 7.70. The first-order valence-corrected chi connectivity index (χ1v) is 4.29. The van der Waals surface area contributed by atoms with Crippen molar-refractivity contribution in [1.82, 2.24) is 4.98 Å². The minimum Gasteiger partial charge on any atom is -0.358 e. The van der Waals surface area contributed by atoms with Crippen LogP contribution in [-0.2, 0) is 6.54 Å². The molecule has 0 spiro atoms. The van der Waals surface area contributed by atoms with E-state index < -0.39 is 11.6 Å². The fraction of sp³-hybridized carbons (Fsp3) is 0.200. The Morgan fingerprint density at radius 1 is 1.29 bits per heavy atom. The number of fused-ring (bicyclic) bond motifs is 1. The molecule has 0 unspecified atom stereocenters. The van der Waals surface area contributed by atoms with Gasteiger partial charge in [0.05, 0.1) is 0 Å². The van der Waals surface area contributed by atoms with Crippen molar-refractivity contribution in [1.29, 1.82) is 0 Å². The van der Waals surface area contributed by atoms with Crippen LogP contribution >= 0.6 is 0 Å². The van der Waals surface area contributed by atoms with E-state index in [2.05, 4.69) is 4.98 Å². The van der Waals surface area contributed by atoms with Crippen LogP contribution in [0.1, 0.15) is 11.3 Å². The molecule has 3 N–H and O–H groups in total. The molecule has 0 fully saturated rings. The Bertz CT molecular complexity index is 488. The van der Waals surface area contributed by atoms with E-state index in [-0.39, 0.29) is 0 Å². The molecule has 0 bridgehead atoms. The number of aromatic amines is 1. The van der Waals surface area contributed by atoms with E-state index in [0.717, 1.165) is 17.3 Å². The molecule has 1 aromatic heterocycles. The molecule has 0 aliphatic heterocycles. The van der Waals surface area contributed by atoms with Crippen LogP contribution in [0.3, 0.4) is 0 Å². The minimum absolute atomic E-state index is 0.316. The molecule has 0 saturated carbocycles. The van der Waals surface area contributed by atoms with Gasteiger partial charge in [0.2, 0.25) is 0 Å². The van der Waals surface area contributed by atoms with Gasteiger partial charge in [-0.05, 0) is 18.6 Å². The molecule has 0 saturated heterocycles. The molecule has 2 rings (SSSR count). The fourth-order valence-electron chi connectivity index (χ4n) is 1.64. The molecule has 2 aromatic rings. The maximum Gasteiger partial charge on any atom is 0.160 e. The van der Waals surface area contributed by atoms with Crippen LogP contribution in [0.2, 0.25) is 0 Å². The van der Waals surface area contributed by atoms with Crippen molar-refractivity contribution in [3.63, 3.8) is 0 Å². The summed E-state index contributed by atoms with van der Waals surface area (Å²) >= 11 is 0. The van der Waals surface area contributed by atoms with Crippen molar-refractivity contribution in [2.75, 3.05) is 0 Å².